The van der Waals surface area contributed by atoms with Crippen molar-refractivity contribution >= 4 is 0 Å². The molecule has 0 amide bonds. The van der Waals surface area contributed by atoms with E-state index in [1.807, 2.05) is 0 Å². The standard InChI is InChI=1S/C17H25NO2/c1-17(2)10-14-4-3-5-15(16(14)20-17)11-18-8-6-13-7-9-19-12-13/h3-5,13,18H,6-12H2,1-2H3. The summed E-state index contributed by atoms with van der Waals surface area (Å²) in [5, 5.41) is 3.55. The monoisotopic (exact) mass is 275 g/mol. The minimum atomic E-state index is -0.0559. The van der Waals surface area contributed by atoms with Crippen LogP contribution in [0.5, 0.6) is 5.75 Å². The van der Waals surface area contributed by atoms with Gasteiger partial charge in [0.05, 0.1) is 0 Å². The van der Waals surface area contributed by atoms with Crippen molar-refractivity contribution in [2.75, 3.05) is 19.8 Å². The molecule has 20 heavy (non-hydrogen) atoms. The molecule has 1 saturated heterocycles. The smallest absolute Gasteiger partial charge is 0.127 e. The van der Waals surface area contributed by atoms with E-state index in [9.17, 15) is 0 Å². The third-order valence-corrected chi connectivity index (χ3v) is 4.24. The van der Waals surface area contributed by atoms with Crippen LogP contribution in [0.2, 0.25) is 0 Å². The van der Waals surface area contributed by atoms with Crippen LogP contribution in [0.1, 0.15) is 37.8 Å². The molecule has 3 rings (SSSR count). The van der Waals surface area contributed by atoms with Crippen LogP contribution in [0.3, 0.4) is 0 Å². The number of ether oxygens (including phenoxy) is 2. The van der Waals surface area contributed by atoms with Crippen molar-refractivity contribution in [3.63, 3.8) is 0 Å². The second-order valence-corrected chi connectivity index (χ2v) is 6.64. The Labute approximate surface area is 121 Å². The minimum Gasteiger partial charge on any atom is -0.487 e. The number of fused-ring (bicyclic) bond motifs is 1. The van der Waals surface area contributed by atoms with Crippen LogP contribution >= 0.6 is 0 Å². The third kappa shape index (κ3) is 3.15. The van der Waals surface area contributed by atoms with Crippen LogP contribution in [-0.2, 0) is 17.7 Å². The van der Waals surface area contributed by atoms with E-state index in [4.69, 9.17) is 9.47 Å². The average molecular weight is 275 g/mol. The Hall–Kier alpha value is -1.06. The molecule has 3 nitrogen and oxygen atoms in total. The van der Waals surface area contributed by atoms with Gasteiger partial charge in [0.15, 0.2) is 0 Å². The summed E-state index contributed by atoms with van der Waals surface area (Å²) in [4.78, 5) is 0. The molecule has 0 aromatic heterocycles. The van der Waals surface area contributed by atoms with Crippen LogP contribution in [0.4, 0.5) is 0 Å². The van der Waals surface area contributed by atoms with Crippen molar-refractivity contribution in [3.8, 4) is 5.75 Å². The van der Waals surface area contributed by atoms with Gasteiger partial charge < -0.3 is 14.8 Å². The predicted molar refractivity (Wildman–Crippen MR) is 80.1 cm³/mol. The van der Waals surface area contributed by atoms with Crippen molar-refractivity contribution in [2.24, 2.45) is 5.92 Å². The van der Waals surface area contributed by atoms with Gasteiger partial charge in [-0.25, -0.2) is 0 Å². The minimum absolute atomic E-state index is 0.0559. The first-order valence-corrected chi connectivity index (χ1v) is 7.72. The van der Waals surface area contributed by atoms with Crippen molar-refractivity contribution < 1.29 is 9.47 Å². The molecule has 2 aliphatic rings. The SMILES string of the molecule is CC1(C)Cc2cccc(CNCCC3CCOC3)c2O1. The molecule has 3 heteroatoms. The Morgan fingerprint density at radius 3 is 3.05 bits per heavy atom. The van der Waals surface area contributed by atoms with Crippen molar-refractivity contribution in [1.29, 1.82) is 0 Å². The summed E-state index contributed by atoms with van der Waals surface area (Å²) in [6, 6.07) is 6.50. The van der Waals surface area contributed by atoms with E-state index < -0.39 is 0 Å². The number of nitrogens with one attached hydrogen (secondary N) is 1. The van der Waals surface area contributed by atoms with Crippen molar-refractivity contribution in [3.05, 3.63) is 29.3 Å². The summed E-state index contributed by atoms with van der Waals surface area (Å²) in [6.45, 7) is 8.15. The van der Waals surface area contributed by atoms with E-state index in [1.165, 1.54) is 24.0 Å². The van der Waals surface area contributed by atoms with E-state index in [0.29, 0.717) is 0 Å². The maximum atomic E-state index is 6.10. The fourth-order valence-electron chi connectivity index (χ4n) is 3.16. The van der Waals surface area contributed by atoms with Crippen LogP contribution < -0.4 is 10.1 Å². The molecule has 1 atom stereocenters. The Kier molecular flexibility index (Phi) is 3.99. The Balaban J connectivity index is 1.52. The number of hydrogen-bond donors (Lipinski definition) is 1. The van der Waals surface area contributed by atoms with Gasteiger partial charge in [-0.2, -0.15) is 0 Å². The van der Waals surface area contributed by atoms with E-state index in [-0.39, 0.29) is 5.60 Å². The topological polar surface area (TPSA) is 30.5 Å². The van der Waals surface area contributed by atoms with Gasteiger partial charge in [-0.15, -0.1) is 0 Å². The summed E-state index contributed by atoms with van der Waals surface area (Å²) in [6.07, 6.45) is 3.44. The lowest BCUT2D eigenvalue weighted by molar-refractivity contribution is 0.137. The molecular formula is C17H25NO2. The third-order valence-electron chi connectivity index (χ3n) is 4.24. The number of hydrogen-bond acceptors (Lipinski definition) is 3. The summed E-state index contributed by atoms with van der Waals surface area (Å²) in [5.74, 6) is 1.85. The van der Waals surface area contributed by atoms with Crippen LogP contribution in [0.25, 0.3) is 0 Å². The maximum absolute atomic E-state index is 6.10. The van der Waals surface area contributed by atoms with Crippen LogP contribution in [0.15, 0.2) is 18.2 Å². The Morgan fingerprint density at radius 2 is 2.25 bits per heavy atom. The van der Waals surface area contributed by atoms with Crippen LogP contribution in [0, 0.1) is 5.92 Å². The van der Waals surface area contributed by atoms with Crippen molar-refractivity contribution in [1.82, 2.24) is 5.32 Å². The van der Waals surface area contributed by atoms with Gasteiger partial charge in [-0.1, -0.05) is 18.2 Å². The van der Waals surface area contributed by atoms with Gasteiger partial charge >= 0.3 is 0 Å². The summed E-state index contributed by atoms with van der Waals surface area (Å²) in [7, 11) is 0. The molecule has 110 valence electrons. The lowest BCUT2D eigenvalue weighted by Crippen LogP contribution is -2.25. The molecule has 1 unspecified atom stereocenters. The zero-order chi connectivity index (χ0) is 14.0. The summed E-state index contributed by atoms with van der Waals surface area (Å²) >= 11 is 0. The van der Waals surface area contributed by atoms with Gasteiger partial charge in [0.2, 0.25) is 0 Å². The molecular weight excluding hydrogens is 250 g/mol. The molecule has 1 aromatic rings. The first kappa shape index (κ1) is 13.9. The van der Waals surface area contributed by atoms with Crippen molar-refractivity contribution in [2.45, 2.75) is 45.3 Å². The lowest BCUT2D eigenvalue weighted by Gasteiger charge is -2.18. The fraction of sp³-hybridized carbons (Fsp3) is 0.647. The molecule has 2 heterocycles. The highest BCUT2D eigenvalue weighted by Gasteiger charge is 2.31. The normalized spacial score (nSPS) is 23.6. The lowest BCUT2D eigenvalue weighted by atomic mass is 10.0. The van der Waals surface area contributed by atoms with Gasteiger partial charge in [-0.3, -0.25) is 0 Å². The van der Waals surface area contributed by atoms with Crippen LogP contribution in [-0.4, -0.2) is 25.4 Å². The molecule has 1 fully saturated rings. The molecule has 2 aliphatic heterocycles. The summed E-state index contributed by atoms with van der Waals surface area (Å²) in [5.41, 5.74) is 2.58. The number of para-hydroxylation sites is 1. The Morgan fingerprint density at radius 1 is 1.35 bits per heavy atom. The average Bonchev–Trinajstić information content (AvgIpc) is 3.00. The molecule has 0 bridgehead atoms. The fourth-order valence-corrected chi connectivity index (χ4v) is 3.16. The van der Waals surface area contributed by atoms with E-state index >= 15 is 0 Å². The Bertz CT molecular complexity index is 464. The molecule has 0 radical (unpaired) electrons. The zero-order valence-electron chi connectivity index (χ0n) is 12.6. The summed E-state index contributed by atoms with van der Waals surface area (Å²) < 4.78 is 11.5. The predicted octanol–water partition coefficient (Wildman–Crippen LogP) is 2.92. The highest BCUT2D eigenvalue weighted by molar-refractivity contribution is 5.45. The van der Waals surface area contributed by atoms with Gasteiger partial charge in [0.25, 0.3) is 0 Å². The molecule has 0 aliphatic carbocycles. The molecule has 0 saturated carbocycles. The number of benzene rings is 1. The second-order valence-electron chi connectivity index (χ2n) is 6.64. The maximum Gasteiger partial charge on any atom is 0.127 e. The van der Waals surface area contributed by atoms with E-state index in [1.54, 1.807) is 0 Å². The molecule has 1 aromatic carbocycles. The van der Waals surface area contributed by atoms with Gasteiger partial charge in [-0.05, 0) is 44.7 Å². The first-order valence-electron chi connectivity index (χ1n) is 7.72. The first-order chi connectivity index (χ1) is 9.64. The van der Waals surface area contributed by atoms with Gasteiger partial charge in [0, 0.05) is 31.7 Å². The highest BCUT2D eigenvalue weighted by Crippen LogP contribution is 2.37. The molecule has 0 spiro atoms. The second kappa shape index (κ2) is 5.74. The number of rotatable bonds is 5. The van der Waals surface area contributed by atoms with E-state index in [0.717, 1.165) is 44.4 Å². The largest absolute Gasteiger partial charge is 0.487 e. The quantitative estimate of drug-likeness (QED) is 0.838. The molecule has 1 N–H and O–H groups in total. The highest BCUT2D eigenvalue weighted by atomic mass is 16.5. The van der Waals surface area contributed by atoms with E-state index in [2.05, 4.69) is 37.4 Å². The zero-order valence-corrected chi connectivity index (χ0v) is 12.6. The van der Waals surface area contributed by atoms with Gasteiger partial charge in [0.1, 0.15) is 11.4 Å².